The summed E-state index contributed by atoms with van der Waals surface area (Å²) in [6, 6.07) is 8.35. The third-order valence-electron chi connectivity index (χ3n) is 3.25. The van der Waals surface area contributed by atoms with E-state index in [-0.39, 0.29) is 11.3 Å². The van der Waals surface area contributed by atoms with Crippen molar-refractivity contribution >= 4 is 54.5 Å². The molecule has 3 aromatic rings. The summed E-state index contributed by atoms with van der Waals surface area (Å²) in [5, 5.41) is 21.4. The van der Waals surface area contributed by atoms with Crippen molar-refractivity contribution in [3.05, 3.63) is 50.5 Å². The number of nitro benzene ring substituents is 1. The number of nitrogens with zero attached hydrogens (tertiary/aromatic N) is 3. The van der Waals surface area contributed by atoms with Crippen LogP contribution in [0.3, 0.4) is 0 Å². The lowest BCUT2D eigenvalue weighted by Crippen LogP contribution is -1.92. The number of hydrogen-bond donors (Lipinski definition) is 1. The van der Waals surface area contributed by atoms with Crippen LogP contribution >= 0.6 is 27.3 Å². The number of nitro groups is 1. The fourth-order valence-electron chi connectivity index (χ4n) is 2.17. The van der Waals surface area contributed by atoms with E-state index in [2.05, 4.69) is 25.9 Å². The van der Waals surface area contributed by atoms with E-state index in [4.69, 9.17) is 4.74 Å². The van der Waals surface area contributed by atoms with Crippen LogP contribution in [0.2, 0.25) is 0 Å². The molecular weight excluding hydrogens is 410 g/mol. The predicted octanol–water partition coefficient (Wildman–Crippen LogP) is 4.82. The first-order valence-corrected chi connectivity index (χ1v) is 8.83. The lowest BCUT2D eigenvalue weighted by Gasteiger charge is -2.01. The molecule has 1 N–H and O–H groups in total. The van der Waals surface area contributed by atoms with E-state index < -0.39 is 10.7 Å². The molecule has 0 aliphatic rings. The van der Waals surface area contributed by atoms with Crippen LogP contribution in [-0.4, -0.2) is 27.8 Å². The van der Waals surface area contributed by atoms with Crippen molar-refractivity contribution in [2.45, 2.75) is 6.92 Å². The number of aromatic hydroxyl groups is 1. The molecule has 7 nitrogen and oxygen atoms in total. The number of ether oxygens (including phenoxy) is 1. The van der Waals surface area contributed by atoms with Gasteiger partial charge < -0.3 is 9.84 Å². The first-order chi connectivity index (χ1) is 12.0. The molecule has 1 aromatic heterocycles. The van der Waals surface area contributed by atoms with Gasteiger partial charge in [0.2, 0.25) is 10.9 Å². The van der Waals surface area contributed by atoms with Gasteiger partial charge >= 0.3 is 5.69 Å². The number of hydrogen-bond acceptors (Lipinski definition) is 7. The Morgan fingerprint density at radius 3 is 2.96 bits per heavy atom. The smallest absolute Gasteiger partial charge is 0.312 e. The Bertz CT molecular complexity index is 987. The highest BCUT2D eigenvalue weighted by atomic mass is 79.9. The molecule has 0 unspecified atom stereocenters. The number of aromatic nitrogens is 1. The molecule has 3 rings (SSSR count). The Morgan fingerprint density at radius 1 is 1.44 bits per heavy atom. The first-order valence-electron chi connectivity index (χ1n) is 7.22. The zero-order valence-electron chi connectivity index (χ0n) is 13.0. The second-order valence-corrected chi connectivity index (χ2v) is 6.86. The van der Waals surface area contributed by atoms with Gasteiger partial charge in [-0.1, -0.05) is 27.3 Å². The van der Waals surface area contributed by atoms with Gasteiger partial charge in [-0.25, -0.2) is 9.98 Å². The highest BCUT2D eigenvalue weighted by Gasteiger charge is 2.17. The molecule has 1 heterocycles. The topological polar surface area (TPSA) is 97.9 Å². The minimum absolute atomic E-state index is 0.232. The fourth-order valence-corrected chi connectivity index (χ4v) is 3.48. The molecule has 9 heteroatoms. The third kappa shape index (κ3) is 3.77. The maximum absolute atomic E-state index is 11.0. The number of phenolic OH excluding ortho intramolecular Hbond substituents is 1. The highest BCUT2D eigenvalue weighted by Crippen LogP contribution is 2.34. The second-order valence-electron chi connectivity index (χ2n) is 4.94. The zero-order valence-corrected chi connectivity index (χ0v) is 15.4. The Balaban J connectivity index is 1.94. The molecule has 128 valence electrons. The standard InChI is InChI=1S/C16H12BrN3O4S/c1-2-24-11-3-4-12-14(7-11)25-16(19-12)18-8-9-5-10(17)6-13(15(9)21)20(22)23/h3-8,21H,2H2,1H3. The second kappa shape index (κ2) is 7.16. The van der Waals surface area contributed by atoms with Gasteiger partial charge in [-0.3, -0.25) is 10.1 Å². The van der Waals surface area contributed by atoms with Crippen LogP contribution < -0.4 is 4.74 Å². The van der Waals surface area contributed by atoms with Gasteiger partial charge in [0.05, 0.1) is 21.7 Å². The molecule has 0 radical (unpaired) electrons. The third-order valence-corrected chi connectivity index (χ3v) is 4.64. The van der Waals surface area contributed by atoms with Gasteiger partial charge in [-0.05, 0) is 31.2 Å². The lowest BCUT2D eigenvalue weighted by molar-refractivity contribution is -0.385. The van der Waals surface area contributed by atoms with Crippen LogP contribution in [0.15, 0.2) is 39.8 Å². The molecule has 0 aliphatic carbocycles. The van der Waals surface area contributed by atoms with Crippen molar-refractivity contribution in [2.75, 3.05) is 6.61 Å². The fraction of sp³-hybridized carbons (Fsp3) is 0.125. The SMILES string of the molecule is CCOc1ccc2nc(N=Cc3cc(Br)cc([N+](=O)[O-])c3O)sc2c1. The Hall–Kier alpha value is -2.52. The van der Waals surface area contributed by atoms with Gasteiger partial charge in [0.15, 0.2) is 0 Å². The first kappa shape index (κ1) is 17.3. The zero-order chi connectivity index (χ0) is 18.0. The summed E-state index contributed by atoms with van der Waals surface area (Å²) >= 11 is 4.55. The van der Waals surface area contributed by atoms with Crippen LogP contribution in [0.1, 0.15) is 12.5 Å². The average Bonchev–Trinajstić information content (AvgIpc) is 2.97. The van der Waals surface area contributed by atoms with E-state index in [0.29, 0.717) is 16.2 Å². The molecule has 0 atom stereocenters. The molecule has 0 saturated heterocycles. The molecule has 0 amide bonds. The van der Waals surface area contributed by atoms with Crippen LogP contribution in [0.25, 0.3) is 10.2 Å². The van der Waals surface area contributed by atoms with Crippen molar-refractivity contribution in [2.24, 2.45) is 4.99 Å². The van der Waals surface area contributed by atoms with Gasteiger partial charge in [-0.15, -0.1) is 0 Å². The highest BCUT2D eigenvalue weighted by molar-refractivity contribution is 9.10. The van der Waals surface area contributed by atoms with E-state index >= 15 is 0 Å². The van der Waals surface area contributed by atoms with Crippen molar-refractivity contribution in [1.82, 2.24) is 4.98 Å². The monoisotopic (exact) mass is 421 g/mol. The number of halogens is 1. The summed E-state index contributed by atoms with van der Waals surface area (Å²) in [7, 11) is 0. The number of aliphatic imine (C=N–C) groups is 1. The molecule has 25 heavy (non-hydrogen) atoms. The molecule has 0 fully saturated rings. The predicted molar refractivity (Wildman–Crippen MR) is 101 cm³/mol. The summed E-state index contributed by atoms with van der Waals surface area (Å²) in [4.78, 5) is 18.9. The van der Waals surface area contributed by atoms with E-state index in [9.17, 15) is 15.2 Å². The van der Waals surface area contributed by atoms with Crippen LogP contribution in [-0.2, 0) is 0 Å². The summed E-state index contributed by atoms with van der Waals surface area (Å²) < 4.78 is 6.85. The molecule has 0 spiro atoms. The molecule has 0 bridgehead atoms. The molecule has 0 saturated carbocycles. The summed E-state index contributed by atoms with van der Waals surface area (Å²) in [6.07, 6.45) is 1.36. The average molecular weight is 422 g/mol. The van der Waals surface area contributed by atoms with Crippen molar-refractivity contribution in [3.8, 4) is 11.5 Å². The van der Waals surface area contributed by atoms with E-state index in [1.54, 1.807) is 6.07 Å². The normalized spacial score (nSPS) is 11.3. The molecule has 0 aliphatic heterocycles. The minimum atomic E-state index is -0.648. The Kier molecular flexibility index (Phi) is 4.95. The van der Waals surface area contributed by atoms with Crippen molar-refractivity contribution in [3.63, 3.8) is 0 Å². The lowest BCUT2D eigenvalue weighted by atomic mass is 10.2. The summed E-state index contributed by atoms with van der Waals surface area (Å²) in [5.41, 5.74) is 0.627. The Morgan fingerprint density at radius 2 is 2.24 bits per heavy atom. The van der Waals surface area contributed by atoms with E-state index in [0.717, 1.165) is 16.0 Å². The van der Waals surface area contributed by atoms with Gasteiger partial charge in [-0.2, -0.15) is 0 Å². The quantitative estimate of drug-likeness (QED) is 0.361. The Labute approximate surface area is 154 Å². The van der Waals surface area contributed by atoms with Crippen molar-refractivity contribution < 1.29 is 14.8 Å². The van der Waals surface area contributed by atoms with Crippen molar-refractivity contribution in [1.29, 1.82) is 0 Å². The summed E-state index contributed by atoms with van der Waals surface area (Å²) in [6.45, 7) is 2.49. The number of phenols is 1. The molecular formula is C16H12BrN3O4S. The summed E-state index contributed by atoms with van der Waals surface area (Å²) in [5.74, 6) is 0.325. The van der Waals surface area contributed by atoms with Crippen LogP contribution in [0.4, 0.5) is 10.8 Å². The largest absolute Gasteiger partial charge is 0.502 e. The number of thiazole rings is 1. The van der Waals surface area contributed by atoms with E-state index in [1.807, 2.05) is 25.1 Å². The number of fused-ring (bicyclic) bond motifs is 1. The van der Waals surface area contributed by atoms with Crippen LogP contribution in [0, 0.1) is 10.1 Å². The van der Waals surface area contributed by atoms with Gasteiger partial charge in [0.25, 0.3) is 0 Å². The minimum Gasteiger partial charge on any atom is -0.502 e. The number of benzene rings is 2. The maximum Gasteiger partial charge on any atom is 0.312 e. The van der Waals surface area contributed by atoms with E-state index in [1.165, 1.54) is 23.6 Å². The molecule has 2 aromatic carbocycles. The van der Waals surface area contributed by atoms with Gasteiger partial charge in [0.1, 0.15) is 5.75 Å². The van der Waals surface area contributed by atoms with Gasteiger partial charge in [0, 0.05) is 22.3 Å². The maximum atomic E-state index is 11.0. The number of rotatable bonds is 5. The van der Waals surface area contributed by atoms with Crippen LogP contribution in [0.5, 0.6) is 11.5 Å².